The number of ether oxygens (including phenoxy) is 2. The summed E-state index contributed by atoms with van der Waals surface area (Å²) in [6, 6.07) is 19.7. The zero-order valence-corrected chi connectivity index (χ0v) is 20.7. The zero-order valence-electron chi connectivity index (χ0n) is 20.7. The third-order valence-corrected chi connectivity index (χ3v) is 5.99. The highest BCUT2D eigenvalue weighted by Gasteiger charge is 2.22. The summed E-state index contributed by atoms with van der Waals surface area (Å²) in [7, 11) is 3.30. The molecule has 0 saturated heterocycles. The number of rotatable bonds is 11. The van der Waals surface area contributed by atoms with Crippen molar-refractivity contribution in [2.45, 2.75) is 32.6 Å². The SMILES string of the molecule is COc1ccc(OC)c(CN(Cc2nc(C(=O)NCc3cccnc3)co2)C(C)c2ccccc2)c1. The minimum absolute atomic E-state index is 0.0388. The minimum atomic E-state index is -0.300. The van der Waals surface area contributed by atoms with Crippen molar-refractivity contribution in [1.82, 2.24) is 20.2 Å². The van der Waals surface area contributed by atoms with Crippen LogP contribution >= 0.6 is 0 Å². The topological polar surface area (TPSA) is 89.7 Å². The molecule has 4 aromatic rings. The Kier molecular flexibility index (Phi) is 8.31. The van der Waals surface area contributed by atoms with E-state index in [2.05, 4.69) is 39.2 Å². The van der Waals surface area contributed by atoms with Gasteiger partial charge in [0, 0.05) is 37.1 Å². The molecule has 1 amide bonds. The normalized spacial score (nSPS) is 11.8. The molecule has 36 heavy (non-hydrogen) atoms. The molecule has 4 rings (SSSR count). The Morgan fingerprint density at radius 2 is 1.89 bits per heavy atom. The summed E-state index contributed by atoms with van der Waals surface area (Å²) in [6.07, 6.45) is 4.80. The maximum atomic E-state index is 12.6. The van der Waals surface area contributed by atoms with E-state index >= 15 is 0 Å². The fraction of sp³-hybridized carbons (Fsp3) is 0.250. The van der Waals surface area contributed by atoms with Crippen LogP contribution in [0.1, 0.15) is 46.0 Å². The lowest BCUT2D eigenvalue weighted by atomic mass is 10.1. The van der Waals surface area contributed by atoms with E-state index in [1.54, 1.807) is 26.6 Å². The highest BCUT2D eigenvalue weighted by molar-refractivity contribution is 5.91. The summed E-state index contributed by atoms with van der Waals surface area (Å²) in [5.74, 6) is 1.67. The van der Waals surface area contributed by atoms with Crippen LogP contribution in [0.5, 0.6) is 11.5 Å². The minimum Gasteiger partial charge on any atom is -0.497 e. The van der Waals surface area contributed by atoms with Crippen LogP contribution < -0.4 is 14.8 Å². The number of aromatic nitrogens is 2. The lowest BCUT2D eigenvalue weighted by Crippen LogP contribution is -2.27. The number of methoxy groups -OCH3 is 2. The molecule has 8 heteroatoms. The number of nitrogens with zero attached hydrogens (tertiary/aromatic N) is 3. The number of oxazole rings is 1. The predicted molar refractivity (Wildman–Crippen MR) is 136 cm³/mol. The molecular weight excluding hydrogens is 456 g/mol. The Balaban J connectivity index is 1.53. The highest BCUT2D eigenvalue weighted by Crippen LogP contribution is 2.30. The molecule has 1 N–H and O–H groups in total. The van der Waals surface area contributed by atoms with E-state index in [1.165, 1.54) is 6.26 Å². The van der Waals surface area contributed by atoms with Crippen LogP contribution in [0.3, 0.4) is 0 Å². The van der Waals surface area contributed by atoms with Crippen LogP contribution in [0.15, 0.2) is 83.7 Å². The van der Waals surface area contributed by atoms with Gasteiger partial charge in [-0.25, -0.2) is 4.98 Å². The largest absolute Gasteiger partial charge is 0.497 e. The molecule has 2 aromatic carbocycles. The molecule has 0 aliphatic rings. The van der Waals surface area contributed by atoms with Gasteiger partial charge in [-0.05, 0) is 42.3 Å². The Morgan fingerprint density at radius 1 is 1.06 bits per heavy atom. The number of pyridine rings is 1. The fourth-order valence-corrected chi connectivity index (χ4v) is 3.93. The van der Waals surface area contributed by atoms with E-state index in [-0.39, 0.29) is 17.6 Å². The number of amides is 1. The van der Waals surface area contributed by atoms with E-state index in [0.717, 1.165) is 28.2 Å². The number of carbonyl (C=O) groups is 1. The molecule has 1 atom stereocenters. The van der Waals surface area contributed by atoms with Crippen molar-refractivity contribution in [2.75, 3.05) is 14.2 Å². The van der Waals surface area contributed by atoms with Crippen LogP contribution in [0.2, 0.25) is 0 Å². The lowest BCUT2D eigenvalue weighted by molar-refractivity contribution is 0.0945. The molecule has 186 valence electrons. The molecule has 8 nitrogen and oxygen atoms in total. The molecule has 0 aliphatic carbocycles. The van der Waals surface area contributed by atoms with E-state index in [1.807, 2.05) is 48.5 Å². The van der Waals surface area contributed by atoms with Gasteiger partial charge in [0.15, 0.2) is 5.69 Å². The molecule has 2 aromatic heterocycles. The van der Waals surface area contributed by atoms with Crippen LogP contribution in [-0.4, -0.2) is 35.0 Å². The monoisotopic (exact) mass is 486 g/mol. The van der Waals surface area contributed by atoms with Gasteiger partial charge in [0.1, 0.15) is 17.8 Å². The maximum absolute atomic E-state index is 12.6. The third-order valence-electron chi connectivity index (χ3n) is 5.99. The molecule has 0 radical (unpaired) electrons. The summed E-state index contributed by atoms with van der Waals surface area (Å²) in [5.41, 5.74) is 3.27. The van der Waals surface area contributed by atoms with Crippen LogP contribution in [0.4, 0.5) is 0 Å². The van der Waals surface area contributed by atoms with Crippen molar-refractivity contribution in [2.24, 2.45) is 0 Å². The van der Waals surface area contributed by atoms with Crippen LogP contribution in [0, 0.1) is 0 Å². The number of hydrogen-bond donors (Lipinski definition) is 1. The first-order chi connectivity index (χ1) is 17.6. The Bertz CT molecular complexity index is 1260. The Labute approximate surface area is 210 Å². The highest BCUT2D eigenvalue weighted by atomic mass is 16.5. The average Bonchev–Trinajstić information content (AvgIpc) is 3.40. The first-order valence-corrected chi connectivity index (χ1v) is 11.7. The van der Waals surface area contributed by atoms with Gasteiger partial charge in [0.25, 0.3) is 5.91 Å². The molecule has 1 unspecified atom stereocenters. The summed E-state index contributed by atoms with van der Waals surface area (Å²) in [6.45, 7) is 3.45. The van der Waals surface area contributed by atoms with Crippen molar-refractivity contribution in [3.8, 4) is 11.5 Å². The number of carbonyl (C=O) groups excluding carboxylic acids is 1. The molecule has 0 saturated carbocycles. The Hall–Kier alpha value is -4.17. The van der Waals surface area contributed by atoms with Gasteiger partial charge in [0.05, 0.1) is 20.8 Å². The summed E-state index contributed by atoms with van der Waals surface area (Å²) < 4.78 is 16.7. The van der Waals surface area contributed by atoms with E-state index < -0.39 is 0 Å². The van der Waals surface area contributed by atoms with Crippen molar-refractivity contribution in [3.63, 3.8) is 0 Å². The van der Waals surface area contributed by atoms with Crippen molar-refractivity contribution in [1.29, 1.82) is 0 Å². The van der Waals surface area contributed by atoms with Crippen molar-refractivity contribution >= 4 is 5.91 Å². The van der Waals surface area contributed by atoms with Crippen LogP contribution in [-0.2, 0) is 19.6 Å². The average molecular weight is 487 g/mol. The van der Waals surface area contributed by atoms with E-state index in [0.29, 0.717) is 25.5 Å². The first-order valence-electron chi connectivity index (χ1n) is 11.7. The number of benzene rings is 2. The Morgan fingerprint density at radius 3 is 2.61 bits per heavy atom. The molecule has 0 aliphatic heterocycles. The fourth-order valence-electron chi connectivity index (χ4n) is 3.93. The second-order valence-electron chi connectivity index (χ2n) is 8.34. The number of hydrogen-bond acceptors (Lipinski definition) is 7. The second-order valence-corrected chi connectivity index (χ2v) is 8.34. The molecule has 0 bridgehead atoms. The maximum Gasteiger partial charge on any atom is 0.273 e. The smallest absolute Gasteiger partial charge is 0.273 e. The molecule has 2 heterocycles. The van der Waals surface area contributed by atoms with Gasteiger partial charge >= 0.3 is 0 Å². The molecule has 0 spiro atoms. The second kappa shape index (κ2) is 12.0. The number of nitrogens with one attached hydrogen (secondary N) is 1. The van der Waals surface area contributed by atoms with Crippen molar-refractivity contribution < 1.29 is 18.7 Å². The standard InChI is InChI=1S/C28H30N4O4/c1-20(22-9-5-4-6-10-22)32(17-23-14-24(34-2)11-12-26(23)35-3)18-27-31-25(19-36-27)28(33)30-16-21-8-7-13-29-15-21/h4-15,19-20H,16-18H2,1-3H3,(H,30,33). The van der Waals surface area contributed by atoms with Crippen LogP contribution in [0.25, 0.3) is 0 Å². The van der Waals surface area contributed by atoms with E-state index in [9.17, 15) is 4.79 Å². The zero-order chi connectivity index (χ0) is 25.3. The summed E-state index contributed by atoms with van der Waals surface area (Å²) in [4.78, 5) is 23.4. The molecular formula is C28H30N4O4. The van der Waals surface area contributed by atoms with Crippen molar-refractivity contribution in [3.05, 3.63) is 108 Å². The van der Waals surface area contributed by atoms with Gasteiger partial charge in [-0.15, -0.1) is 0 Å². The molecule has 0 fully saturated rings. The predicted octanol–water partition coefficient (Wildman–Crippen LogP) is 4.78. The van der Waals surface area contributed by atoms with Gasteiger partial charge < -0.3 is 19.2 Å². The van der Waals surface area contributed by atoms with Gasteiger partial charge in [-0.2, -0.15) is 0 Å². The first kappa shape index (κ1) is 24.9. The van der Waals surface area contributed by atoms with E-state index in [4.69, 9.17) is 13.9 Å². The summed E-state index contributed by atoms with van der Waals surface area (Å²) >= 11 is 0. The van der Waals surface area contributed by atoms with Gasteiger partial charge in [-0.3, -0.25) is 14.7 Å². The van der Waals surface area contributed by atoms with Gasteiger partial charge in [-0.1, -0.05) is 36.4 Å². The van der Waals surface area contributed by atoms with Gasteiger partial charge in [0.2, 0.25) is 5.89 Å². The quantitative estimate of drug-likeness (QED) is 0.326. The summed E-state index contributed by atoms with van der Waals surface area (Å²) in [5, 5.41) is 2.85. The third kappa shape index (κ3) is 6.28. The lowest BCUT2D eigenvalue weighted by Gasteiger charge is -2.29.